The van der Waals surface area contributed by atoms with Crippen LogP contribution < -0.4 is 10.6 Å². The molecule has 0 bridgehead atoms. The van der Waals surface area contributed by atoms with Gasteiger partial charge in [0.2, 0.25) is 0 Å². The molecule has 18 heavy (non-hydrogen) atoms. The number of benzene rings is 1. The van der Waals surface area contributed by atoms with Crippen LogP contribution in [0.15, 0.2) is 18.2 Å². The van der Waals surface area contributed by atoms with E-state index >= 15 is 0 Å². The van der Waals surface area contributed by atoms with E-state index in [-0.39, 0.29) is 0 Å². The number of nitrogens with two attached hydrogens (primary N) is 1. The van der Waals surface area contributed by atoms with Crippen molar-refractivity contribution in [1.29, 1.82) is 0 Å². The van der Waals surface area contributed by atoms with E-state index < -0.39 is 0 Å². The summed E-state index contributed by atoms with van der Waals surface area (Å²) in [6.07, 6.45) is 2.04. The lowest BCUT2D eigenvalue weighted by Gasteiger charge is -2.29. The fourth-order valence-corrected chi connectivity index (χ4v) is 3.26. The Morgan fingerprint density at radius 2 is 2.06 bits per heavy atom. The summed E-state index contributed by atoms with van der Waals surface area (Å²) < 4.78 is 0. The minimum Gasteiger partial charge on any atom is -0.370 e. The summed E-state index contributed by atoms with van der Waals surface area (Å²) in [5, 5.41) is 0. The van der Waals surface area contributed by atoms with E-state index in [4.69, 9.17) is 5.73 Å². The lowest BCUT2D eigenvalue weighted by atomic mass is 9.99. The lowest BCUT2D eigenvalue weighted by molar-refractivity contribution is 0.644. The Balaban J connectivity index is 2.08. The van der Waals surface area contributed by atoms with Crippen LogP contribution in [0.25, 0.3) is 0 Å². The van der Waals surface area contributed by atoms with Crippen LogP contribution in [0, 0.1) is 6.92 Å². The zero-order valence-electron chi connectivity index (χ0n) is 11.5. The van der Waals surface area contributed by atoms with Crippen LogP contribution in [0.3, 0.4) is 0 Å². The van der Waals surface area contributed by atoms with Crippen molar-refractivity contribution in [1.82, 2.24) is 0 Å². The molecule has 1 saturated heterocycles. The van der Waals surface area contributed by atoms with Gasteiger partial charge in [0, 0.05) is 36.3 Å². The van der Waals surface area contributed by atoms with Crippen LogP contribution in [0.4, 0.5) is 5.69 Å². The van der Waals surface area contributed by atoms with E-state index in [0.717, 1.165) is 12.8 Å². The Bertz CT molecular complexity index is 386. The molecule has 0 amide bonds. The molecule has 0 spiro atoms. The minimum absolute atomic E-state index is 0.293. The summed E-state index contributed by atoms with van der Waals surface area (Å²) in [7, 11) is 0. The fraction of sp³-hybridized carbons (Fsp3) is 0.600. The molecule has 1 aliphatic rings. The summed E-state index contributed by atoms with van der Waals surface area (Å²) in [6.45, 7) is 6.72. The Morgan fingerprint density at radius 1 is 1.33 bits per heavy atom. The van der Waals surface area contributed by atoms with E-state index in [1.165, 1.54) is 41.4 Å². The summed E-state index contributed by atoms with van der Waals surface area (Å²) in [5.41, 5.74) is 10.2. The normalized spacial score (nSPS) is 17.8. The summed E-state index contributed by atoms with van der Waals surface area (Å²) in [6, 6.07) is 7.15. The number of nitrogens with zero attached hydrogens (tertiary/aromatic N) is 1. The van der Waals surface area contributed by atoms with Gasteiger partial charge in [0.15, 0.2) is 0 Å². The van der Waals surface area contributed by atoms with E-state index in [9.17, 15) is 0 Å². The quantitative estimate of drug-likeness (QED) is 0.907. The molecule has 0 radical (unpaired) electrons. The van der Waals surface area contributed by atoms with Crippen molar-refractivity contribution in [3.8, 4) is 0 Å². The predicted octanol–water partition coefficient (Wildman–Crippen LogP) is 2.83. The maximum atomic E-state index is 6.04. The topological polar surface area (TPSA) is 29.3 Å². The molecular weight excluding hydrogens is 240 g/mol. The average molecular weight is 264 g/mol. The fourth-order valence-electron chi connectivity index (χ4n) is 2.35. The number of rotatable bonds is 4. The second-order valence-electron chi connectivity index (χ2n) is 5.08. The van der Waals surface area contributed by atoms with E-state index in [0.29, 0.717) is 6.04 Å². The second-order valence-corrected chi connectivity index (χ2v) is 6.31. The molecule has 0 aromatic heterocycles. The van der Waals surface area contributed by atoms with Gasteiger partial charge in [-0.25, -0.2) is 0 Å². The molecule has 3 heteroatoms. The van der Waals surface area contributed by atoms with Crippen molar-refractivity contribution < 1.29 is 0 Å². The van der Waals surface area contributed by atoms with Crippen molar-refractivity contribution >= 4 is 17.4 Å². The molecule has 1 fully saturated rings. The van der Waals surface area contributed by atoms with Gasteiger partial charge in [-0.15, -0.1) is 0 Å². The van der Waals surface area contributed by atoms with Crippen LogP contribution in [0.2, 0.25) is 0 Å². The molecule has 1 unspecified atom stereocenters. The Labute approximate surface area is 115 Å². The van der Waals surface area contributed by atoms with Crippen molar-refractivity contribution in [2.24, 2.45) is 5.73 Å². The molecule has 0 aliphatic carbocycles. The first kappa shape index (κ1) is 13.8. The standard InChI is InChI=1S/C15H24N2S/c1-3-14(16)11-13-4-5-15(10-12(13)2)17-6-8-18-9-7-17/h4-5,10,14H,3,6-9,11,16H2,1-2H3. The first-order valence-corrected chi connectivity index (χ1v) is 8.04. The van der Waals surface area contributed by atoms with Crippen molar-refractivity contribution in [2.75, 3.05) is 29.5 Å². The van der Waals surface area contributed by atoms with Crippen LogP contribution >= 0.6 is 11.8 Å². The first-order valence-electron chi connectivity index (χ1n) is 6.88. The molecule has 2 nitrogen and oxygen atoms in total. The first-order chi connectivity index (χ1) is 8.70. The number of anilines is 1. The smallest absolute Gasteiger partial charge is 0.0369 e. The van der Waals surface area contributed by atoms with Gasteiger partial charge < -0.3 is 10.6 Å². The lowest BCUT2D eigenvalue weighted by Crippen LogP contribution is -2.32. The highest BCUT2D eigenvalue weighted by Gasteiger charge is 2.12. The third kappa shape index (κ3) is 3.42. The third-order valence-electron chi connectivity index (χ3n) is 3.71. The highest BCUT2D eigenvalue weighted by molar-refractivity contribution is 7.99. The third-order valence-corrected chi connectivity index (χ3v) is 4.65. The molecule has 1 atom stereocenters. The summed E-state index contributed by atoms with van der Waals surface area (Å²) in [5.74, 6) is 2.50. The average Bonchev–Trinajstić information content (AvgIpc) is 2.42. The molecule has 1 heterocycles. The molecule has 0 saturated carbocycles. The molecule has 2 rings (SSSR count). The second kappa shape index (κ2) is 6.48. The van der Waals surface area contributed by atoms with Gasteiger partial charge in [0.25, 0.3) is 0 Å². The monoisotopic (exact) mass is 264 g/mol. The van der Waals surface area contributed by atoms with Crippen molar-refractivity contribution in [3.05, 3.63) is 29.3 Å². The summed E-state index contributed by atoms with van der Waals surface area (Å²) in [4.78, 5) is 2.49. The van der Waals surface area contributed by atoms with Crippen molar-refractivity contribution in [3.63, 3.8) is 0 Å². The largest absolute Gasteiger partial charge is 0.370 e. The predicted molar refractivity (Wildman–Crippen MR) is 82.7 cm³/mol. The van der Waals surface area contributed by atoms with E-state index in [1.54, 1.807) is 0 Å². The Morgan fingerprint density at radius 3 is 2.67 bits per heavy atom. The van der Waals surface area contributed by atoms with Crippen LogP contribution in [0.1, 0.15) is 24.5 Å². The minimum atomic E-state index is 0.293. The van der Waals surface area contributed by atoms with Crippen LogP contribution in [0.5, 0.6) is 0 Å². The maximum Gasteiger partial charge on any atom is 0.0369 e. The van der Waals surface area contributed by atoms with Gasteiger partial charge in [0.05, 0.1) is 0 Å². The van der Waals surface area contributed by atoms with Gasteiger partial charge in [-0.2, -0.15) is 11.8 Å². The van der Waals surface area contributed by atoms with Crippen molar-refractivity contribution in [2.45, 2.75) is 32.7 Å². The van der Waals surface area contributed by atoms with E-state index in [2.05, 4.69) is 48.7 Å². The van der Waals surface area contributed by atoms with Gasteiger partial charge in [-0.3, -0.25) is 0 Å². The highest BCUT2D eigenvalue weighted by atomic mass is 32.2. The van der Waals surface area contributed by atoms with Gasteiger partial charge in [0.1, 0.15) is 0 Å². The number of thioether (sulfide) groups is 1. The Hall–Kier alpha value is -0.670. The zero-order valence-corrected chi connectivity index (χ0v) is 12.3. The molecule has 2 N–H and O–H groups in total. The Kier molecular flexibility index (Phi) is 4.95. The van der Waals surface area contributed by atoms with Crippen LogP contribution in [-0.2, 0) is 6.42 Å². The van der Waals surface area contributed by atoms with E-state index in [1.807, 2.05) is 0 Å². The summed E-state index contributed by atoms with van der Waals surface area (Å²) >= 11 is 2.05. The molecule has 1 aromatic carbocycles. The van der Waals surface area contributed by atoms with Gasteiger partial charge in [-0.05, 0) is 43.0 Å². The molecular formula is C15H24N2S. The molecule has 100 valence electrons. The van der Waals surface area contributed by atoms with Gasteiger partial charge >= 0.3 is 0 Å². The number of hydrogen-bond acceptors (Lipinski definition) is 3. The number of aryl methyl sites for hydroxylation is 1. The highest BCUT2D eigenvalue weighted by Crippen LogP contribution is 2.23. The zero-order chi connectivity index (χ0) is 13.0. The maximum absolute atomic E-state index is 6.04. The number of hydrogen-bond donors (Lipinski definition) is 1. The SMILES string of the molecule is CCC(N)Cc1ccc(N2CCSCC2)cc1C. The van der Waals surface area contributed by atoms with Gasteiger partial charge in [-0.1, -0.05) is 13.0 Å². The van der Waals surface area contributed by atoms with Crippen LogP contribution in [-0.4, -0.2) is 30.6 Å². The molecule has 1 aromatic rings. The molecule has 1 aliphatic heterocycles.